The molecule has 0 saturated heterocycles. The molecule has 7 heteroatoms. The van der Waals surface area contributed by atoms with Crippen LogP contribution in [0, 0.1) is 5.82 Å². The number of fused-ring (bicyclic) bond motifs is 1. The van der Waals surface area contributed by atoms with Crippen LogP contribution in [0.15, 0.2) is 54.6 Å². The molecule has 0 unspecified atom stereocenters. The number of hydrogen-bond donors (Lipinski definition) is 1. The van der Waals surface area contributed by atoms with Crippen LogP contribution in [0.1, 0.15) is 28.2 Å². The fraction of sp³-hybridized carbons (Fsp3) is 0.227. The van der Waals surface area contributed by atoms with Gasteiger partial charge in [-0.15, -0.1) is 0 Å². The third-order valence-electron chi connectivity index (χ3n) is 4.97. The summed E-state index contributed by atoms with van der Waals surface area (Å²) < 4.78 is 15.1. The molecule has 0 spiro atoms. The van der Waals surface area contributed by atoms with Crippen LogP contribution < -0.4 is 5.32 Å². The Morgan fingerprint density at radius 2 is 1.93 bits per heavy atom. The lowest BCUT2D eigenvalue weighted by atomic mass is 10.2. The van der Waals surface area contributed by atoms with E-state index >= 15 is 0 Å². The van der Waals surface area contributed by atoms with Crippen LogP contribution in [0.5, 0.6) is 0 Å². The van der Waals surface area contributed by atoms with Crippen LogP contribution >= 0.6 is 0 Å². The predicted molar refractivity (Wildman–Crippen MR) is 108 cm³/mol. The number of carbonyl (C=O) groups excluding carboxylic acids is 2. The van der Waals surface area contributed by atoms with E-state index in [-0.39, 0.29) is 12.5 Å². The van der Waals surface area contributed by atoms with Gasteiger partial charge in [-0.25, -0.2) is 9.07 Å². The second kappa shape index (κ2) is 7.87. The Kier molecular flexibility index (Phi) is 5.12. The number of likely N-dealkylation sites (N-methyl/N-ethyl adjacent to an activating group) is 1. The van der Waals surface area contributed by atoms with Crippen molar-refractivity contribution in [2.45, 2.75) is 19.3 Å². The molecule has 6 nitrogen and oxygen atoms in total. The standard InChI is InChI=1S/C22H21FN4O2/c1-26(14-20(28)24-16-8-5-7-15(23)13-16)22(29)21-18-11-6-12-19(18)27(25-21)17-9-3-2-4-10-17/h2-5,7-10,13H,6,11-12,14H2,1H3,(H,24,28). The molecule has 3 aromatic rings. The zero-order chi connectivity index (χ0) is 20.4. The molecule has 0 aliphatic heterocycles. The van der Waals surface area contributed by atoms with Crippen LogP contribution in [-0.4, -0.2) is 40.1 Å². The molecule has 29 heavy (non-hydrogen) atoms. The van der Waals surface area contributed by atoms with Crippen molar-refractivity contribution in [3.63, 3.8) is 0 Å². The van der Waals surface area contributed by atoms with Gasteiger partial charge in [-0.3, -0.25) is 9.59 Å². The summed E-state index contributed by atoms with van der Waals surface area (Å²) >= 11 is 0. The molecule has 1 heterocycles. The smallest absolute Gasteiger partial charge is 0.274 e. The maximum Gasteiger partial charge on any atom is 0.274 e. The van der Waals surface area contributed by atoms with E-state index in [2.05, 4.69) is 10.4 Å². The van der Waals surface area contributed by atoms with Crippen molar-refractivity contribution in [1.82, 2.24) is 14.7 Å². The van der Waals surface area contributed by atoms with Crippen molar-refractivity contribution < 1.29 is 14.0 Å². The first kappa shape index (κ1) is 18.9. The number of nitrogens with zero attached hydrogens (tertiary/aromatic N) is 3. The van der Waals surface area contributed by atoms with Crippen molar-refractivity contribution in [1.29, 1.82) is 0 Å². The highest BCUT2D eigenvalue weighted by molar-refractivity contribution is 5.99. The molecule has 1 aromatic heterocycles. The molecule has 1 aliphatic carbocycles. The lowest BCUT2D eigenvalue weighted by Crippen LogP contribution is -2.35. The number of nitrogens with one attached hydrogen (secondary N) is 1. The maximum absolute atomic E-state index is 13.3. The summed E-state index contributed by atoms with van der Waals surface area (Å²) in [6.07, 6.45) is 2.64. The maximum atomic E-state index is 13.3. The summed E-state index contributed by atoms with van der Waals surface area (Å²) in [6, 6.07) is 15.3. The summed E-state index contributed by atoms with van der Waals surface area (Å²) in [7, 11) is 1.57. The summed E-state index contributed by atoms with van der Waals surface area (Å²) in [5.41, 5.74) is 3.66. The Labute approximate surface area is 167 Å². The second-order valence-corrected chi connectivity index (χ2v) is 7.09. The molecule has 0 radical (unpaired) electrons. The fourth-order valence-corrected chi connectivity index (χ4v) is 3.63. The molecule has 2 amide bonds. The number of amides is 2. The van der Waals surface area contributed by atoms with Crippen molar-refractivity contribution in [2.24, 2.45) is 0 Å². The Morgan fingerprint density at radius 3 is 2.69 bits per heavy atom. The Bertz CT molecular complexity index is 1060. The van der Waals surface area contributed by atoms with Crippen LogP contribution in [0.4, 0.5) is 10.1 Å². The molecule has 1 N–H and O–H groups in total. The topological polar surface area (TPSA) is 67.2 Å². The summed E-state index contributed by atoms with van der Waals surface area (Å²) in [5, 5.41) is 7.18. The number of rotatable bonds is 5. The lowest BCUT2D eigenvalue weighted by molar-refractivity contribution is -0.116. The predicted octanol–water partition coefficient (Wildman–Crippen LogP) is 3.21. The fourth-order valence-electron chi connectivity index (χ4n) is 3.63. The third-order valence-corrected chi connectivity index (χ3v) is 4.97. The average molecular weight is 392 g/mol. The molecule has 0 atom stereocenters. The summed E-state index contributed by atoms with van der Waals surface area (Å²) in [6.45, 7) is -0.150. The van der Waals surface area contributed by atoms with Gasteiger partial charge in [-0.05, 0) is 49.6 Å². The molecule has 0 saturated carbocycles. The number of halogens is 1. The van der Waals surface area contributed by atoms with Crippen molar-refractivity contribution >= 4 is 17.5 Å². The molecular formula is C22H21FN4O2. The van der Waals surface area contributed by atoms with Gasteiger partial charge in [0.25, 0.3) is 5.91 Å². The largest absolute Gasteiger partial charge is 0.331 e. The van der Waals surface area contributed by atoms with Crippen molar-refractivity contribution in [2.75, 3.05) is 18.9 Å². The van der Waals surface area contributed by atoms with E-state index in [4.69, 9.17) is 0 Å². The minimum Gasteiger partial charge on any atom is -0.331 e. The van der Waals surface area contributed by atoms with Gasteiger partial charge in [0.15, 0.2) is 5.69 Å². The van der Waals surface area contributed by atoms with E-state index in [1.54, 1.807) is 13.1 Å². The first-order chi connectivity index (χ1) is 14.0. The first-order valence-electron chi connectivity index (χ1n) is 9.50. The Hall–Kier alpha value is -3.48. The molecule has 0 fully saturated rings. The molecule has 2 aromatic carbocycles. The molecule has 1 aliphatic rings. The van der Waals surface area contributed by atoms with E-state index in [1.807, 2.05) is 35.0 Å². The number of hydrogen-bond acceptors (Lipinski definition) is 3. The zero-order valence-electron chi connectivity index (χ0n) is 16.1. The van der Waals surface area contributed by atoms with Crippen molar-refractivity contribution in [3.8, 4) is 5.69 Å². The van der Waals surface area contributed by atoms with E-state index < -0.39 is 11.7 Å². The van der Waals surface area contributed by atoms with Crippen LogP contribution in [-0.2, 0) is 17.6 Å². The van der Waals surface area contributed by atoms with Gasteiger partial charge in [0.1, 0.15) is 5.82 Å². The number of benzene rings is 2. The molecule has 4 rings (SSSR count). The van der Waals surface area contributed by atoms with Crippen LogP contribution in [0.25, 0.3) is 5.69 Å². The van der Waals surface area contributed by atoms with Crippen LogP contribution in [0.3, 0.4) is 0 Å². The second-order valence-electron chi connectivity index (χ2n) is 7.09. The van der Waals surface area contributed by atoms with Gasteiger partial charge in [0.2, 0.25) is 5.91 Å². The van der Waals surface area contributed by atoms with E-state index in [0.717, 1.165) is 36.2 Å². The molecule has 0 bridgehead atoms. The van der Waals surface area contributed by atoms with Gasteiger partial charge < -0.3 is 10.2 Å². The van der Waals surface area contributed by atoms with Gasteiger partial charge in [-0.2, -0.15) is 5.10 Å². The van der Waals surface area contributed by atoms with Crippen molar-refractivity contribution in [3.05, 3.63) is 77.4 Å². The SMILES string of the molecule is CN(CC(=O)Nc1cccc(F)c1)C(=O)c1nn(-c2ccccc2)c2c1CCC2. The molecule has 148 valence electrons. The average Bonchev–Trinajstić information content (AvgIpc) is 3.30. The third kappa shape index (κ3) is 3.89. The summed E-state index contributed by atoms with van der Waals surface area (Å²) in [4.78, 5) is 26.6. The highest BCUT2D eigenvalue weighted by Gasteiger charge is 2.29. The minimum atomic E-state index is -0.436. The highest BCUT2D eigenvalue weighted by atomic mass is 19.1. The normalized spacial score (nSPS) is 12.5. The van der Waals surface area contributed by atoms with E-state index in [1.165, 1.54) is 23.1 Å². The number of aromatic nitrogens is 2. The first-order valence-corrected chi connectivity index (χ1v) is 9.50. The van der Waals surface area contributed by atoms with E-state index in [9.17, 15) is 14.0 Å². The van der Waals surface area contributed by atoms with Gasteiger partial charge in [-0.1, -0.05) is 24.3 Å². The van der Waals surface area contributed by atoms with Crippen LogP contribution in [0.2, 0.25) is 0 Å². The van der Waals surface area contributed by atoms with Gasteiger partial charge in [0, 0.05) is 24.0 Å². The molecular weight excluding hydrogens is 371 g/mol. The minimum absolute atomic E-state index is 0.150. The summed E-state index contributed by atoms with van der Waals surface area (Å²) in [5.74, 6) is -1.13. The number of anilines is 1. The monoisotopic (exact) mass is 392 g/mol. The quantitative estimate of drug-likeness (QED) is 0.725. The zero-order valence-corrected chi connectivity index (χ0v) is 16.1. The lowest BCUT2D eigenvalue weighted by Gasteiger charge is -2.16. The van der Waals surface area contributed by atoms with Gasteiger partial charge >= 0.3 is 0 Å². The highest BCUT2D eigenvalue weighted by Crippen LogP contribution is 2.28. The van der Waals surface area contributed by atoms with E-state index in [0.29, 0.717) is 11.4 Å². The Morgan fingerprint density at radius 1 is 1.14 bits per heavy atom. The number of carbonyl (C=O) groups is 2. The number of para-hydroxylation sites is 1. The van der Waals surface area contributed by atoms with Gasteiger partial charge in [0.05, 0.1) is 12.2 Å². The Balaban J connectivity index is 1.51.